The molecular weight excluding hydrogens is 97.5 g/mol. The van der Waals surface area contributed by atoms with E-state index in [1.165, 1.54) is 0 Å². The Morgan fingerprint density at radius 3 is 2.50 bits per heavy atom. The molecule has 0 bridgehead atoms. The maximum Gasteiger partial charge on any atom is 0.0941 e. The lowest BCUT2D eigenvalue weighted by Crippen LogP contribution is -2.49. The SMILES string of the molecule is C/C(Cl)=C/C[NH3+]. The van der Waals surface area contributed by atoms with Gasteiger partial charge in [0.25, 0.3) is 0 Å². The van der Waals surface area contributed by atoms with Crippen molar-refractivity contribution >= 4 is 11.6 Å². The summed E-state index contributed by atoms with van der Waals surface area (Å²) in [5, 5.41) is 0.824. The Morgan fingerprint density at radius 1 is 2.00 bits per heavy atom. The highest BCUT2D eigenvalue weighted by molar-refractivity contribution is 6.29. The molecule has 2 heteroatoms. The van der Waals surface area contributed by atoms with Crippen LogP contribution in [0, 0.1) is 0 Å². The van der Waals surface area contributed by atoms with Crippen molar-refractivity contribution in [3.8, 4) is 0 Å². The van der Waals surface area contributed by atoms with Crippen molar-refractivity contribution in [2.75, 3.05) is 6.54 Å². The van der Waals surface area contributed by atoms with Gasteiger partial charge in [0.15, 0.2) is 0 Å². The molecule has 0 aromatic carbocycles. The van der Waals surface area contributed by atoms with Gasteiger partial charge >= 0.3 is 0 Å². The van der Waals surface area contributed by atoms with Crippen molar-refractivity contribution in [3.63, 3.8) is 0 Å². The predicted octanol–water partition coefficient (Wildman–Crippen LogP) is 0.371. The van der Waals surface area contributed by atoms with Gasteiger partial charge in [-0.2, -0.15) is 0 Å². The lowest BCUT2D eigenvalue weighted by Gasteiger charge is -1.75. The van der Waals surface area contributed by atoms with Crippen LogP contribution < -0.4 is 5.73 Å². The molecule has 0 saturated heterocycles. The standard InChI is InChI=1S/C4H8ClN/c1-4(5)2-3-6/h2H,3,6H2,1H3/p+1/b4-2-. The second kappa shape index (κ2) is 3.19. The van der Waals surface area contributed by atoms with E-state index in [-0.39, 0.29) is 0 Å². The zero-order valence-corrected chi connectivity index (χ0v) is 4.63. The third-order valence-corrected chi connectivity index (χ3v) is 0.580. The molecule has 0 radical (unpaired) electrons. The van der Waals surface area contributed by atoms with Gasteiger partial charge in [-0.05, 0) is 13.0 Å². The molecule has 0 aromatic rings. The molecule has 0 saturated carbocycles. The molecule has 0 aliphatic heterocycles. The minimum Gasteiger partial charge on any atom is -0.354 e. The van der Waals surface area contributed by atoms with E-state index in [1.807, 2.05) is 13.0 Å². The number of rotatable bonds is 1. The summed E-state index contributed by atoms with van der Waals surface area (Å²) < 4.78 is 0. The van der Waals surface area contributed by atoms with E-state index in [0.717, 1.165) is 11.6 Å². The molecule has 0 aromatic heterocycles. The largest absolute Gasteiger partial charge is 0.354 e. The monoisotopic (exact) mass is 106 g/mol. The van der Waals surface area contributed by atoms with Gasteiger partial charge in [0.2, 0.25) is 0 Å². The fourth-order valence-electron chi connectivity index (χ4n) is 0.199. The average molecular weight is 107 g/mol. The predicted molar refractivity (Wildman–Crippen MR) is 27.4 cm³/mol. The second-order valence-corrected chi connectivity index (χ2v) is 1.68. The molecule has 0 amide bonds. The van der Waals surface area contributed by atoms with Crippen molar-refractivity contribution in [2.24, 2.45) is 0 Å². The summed E-state index contributed by atoms with van der Waals surface area (Å²) in [6, 6.07) is 0. The molecule has 0 fully saturated rings. The maximum atomic E-state index is 5.40. The first-order chi connectivity index (χ1) is 2.77. The topological polar surface area (TPSA) is 27.6 Å². The quantitative estimate of drug-likeness (QED) is 0.500. The van der Waals surface area contributed by atoms with Gasteiger partial charge in [-0.25, -0.2) is 0 Å². The van der Waals surface area contributed by atoms with E-state index in [4.69, 9.17) is 11.6 Å². The molecule has 0 spiro atoms. The Bertz CT molecular complexity index is 54.6. The highest BCUT2D eigenvalue weighted by atomic mass is 35.5. The first-order valence-corrected chi connectivity index (χ1v) is 2.26. The van der Waals surface area contributed by atoms with Crippen molar-refractivity contribution < 1.29 is 5.73 Å². The molecule has 0 atom stereocenters. The minimum atomic E-state index is 0.787. The molecule has 6 heavy (non-hydrogen) atoms. The van der Waals surface area contributed by atoms with Crippen LogP contribution in [0.1, 0.15) is 6.92 Å². The second-order valence-electron chi connectivity index (χ2n) is 1.08. The summed E-state index contributed by atoms with van der Waals surface area (Å²) >= 11 is 5.40. The highest BCUT2D eigenvalue weighted by Crippen LogP contribution is 1.93. The van der Waals surface area contributed by atoms with Gasteiger partial charge in [-0.15, -0.1) is 0 Å². The zero-order valence-electron chi connectivity index (χ0n) is 3.87. The van der Waals surface area contributed by atoms with E-state index in [9.17, 15) is 0 Å². The van der Waals surface area contributed by atoms with Crippen LogP contribution in [0.15, 0.2) is 11.1 Å². The van der Waals surface area contributed by atoms with Crippen LogP contribution in [-0.4, -0.2) is 6.54 Å². The van der Waals surface area contributed by atoms with Crippen molar-refractivity contribution in [1.29, 1.82) is 0 Å². The molecule has 36 valence electrons. The average Bonchev–Trinajstić information content (AvgIpc) is 1.35. The zero-order chi connectivity index (χ0) is 4.99. The number of halogens is 1. The van der Waals surface area contributed by atoms with Crippen molar-refractivity contribution in [2.45, 2.75) is 6.92 Å². The van der Waals surface area contributed by atoms with Crippen LogP contribution in [0.2, 0.25) is 0 Å². The molecule has 0 unspecified atom stereocenters. The van der Waals surface area contributed by atoms with Crippen LogP contribution in [0.5, 0.6) is 0 Å². The summed E-state index contributed by atoms with van der Waals surface area (Å²) in [4.78, 5) is 0. The summed E-state index contributed by atoms with van der Waals surface area (Å²) in [6.07, 6.45) is 1.86. The van der Waals surface area contributed by atoms with Gasteiger partial charge in [0, 0.05) is 5.03 Å². The highest BCUT2D eigenvalue weighted by Gasteiger charge is 1.72. The van der Waals surface area contributed by atoms with Gasteiger partial charge in [-0.1, -0.05) is 11.6 Å². The normalized spacial score (nSPS) is 12.2. The lowest BCUT2D eigenvalue weighted by molar-refractivity contribution is -0.352. The third-order valence-electron chi connectivity index (χ3n) is 0.426. The molecule has 3 N–H and O–H groups in total. The van der Waals surface area contributed by atoms with E-state index < -0.39 is 0 Å². The number of quaternary nitrogens is 1. The van der Waals surface area contributed by atoms with Crippen LogP contribution in [0.25, 0.3) is 0 Å². The fraction of sp³-hybridized carbons (Fsp3) is 0.500. The molecule has 0 heterocycles. The summed E-state index contributed by atoms with van der Waals surface area (Å²) in [6.45, 7) is 2.63. The van der Waals surface area contributed by atoms with Crippen molar-refractivity contribution in [3.05, 3.63) is 11.1 Å². The third kappa shape index (κ3) is 3.99. The number of allylic oxidation sites excluding steroid dienone is 1. The van der Waals surface area contributed by atoms with Crippen molar-refractivity contribution in [1.82, 2.24) is 0 Å². The van der Waals surface area contributed by atoms with E-state index in [1.54, 1.807) is 0 Å². The Morgan fingerprint density at radius 2 is 2.50 bits per heavy atom. The molecule has 0 aliphatic rings. The fourth-order valence-corrected chi connectivity index (χ4v) is 0.308. The Hall–Kier alpha value is -0.0100. The van der Waals surface area contributed by atoms with Crippen LogP contribution in [0.4, 0.5) is 0 Å². The lowest BCUT2D eigenvalue weighted by atomic mass is 10.5. The van der Waals surface area contributed by atoms with Gasteiger partial charge in [0.1, 0.15) is 0 Å². The summed E-state index contributed by atoms with van der Waals surface area (Å²) in [7, 11) is 0. The smallest absolute Gasteiger partial charge is 0.0941 e. The Balaban J connectivity index is 3.14. The van der Waals surface area contributed by atoms with Gasteiger partial charge < -0.3 is 5.73 Å². The van der Waals surface area contributed by atoms with Crippen LogP contribution >= 0.6 is 11.6 Å². The first-order valence-electron chi connectivity index (χ1n) is 1.89. The number of hydrogen-bond acceptors (Lipinski definition) is 0. The summed E-state index contributed by atoms with van der Waals surface area (Å²) in [5.74, 6) is 0. The molecule has 1 nitrogen and oxygen atoms in total. The first kappa shape index (κ1) is 5.99. The molecule has 0 aliphatic carbocycles. The maximum absolute atomic E-state index is 5.40. The van der Waals surface area contributed by atoms with Crippen LogP contribution in [0.3, 0.4) is 0 Å². The molecular formula is C4H9ClN+. The van der Waals surface area contributed by atoms with E-state index in [2.05, 4.69) is 5.73 Å². The van der Waals surface area contributed by atoms with Gasteiger partial charge in [0.05, 0.1) is 6.54 Å². The van der Waals surface area contributed by atoms with Gasteiger partial charge in [-0.3, -0.25) is 0 Å². The van der Waals surface area contributed by atoms with Crippen LogP contribution in [-0.2, 0) is 0 Å². The molecule has 0 rings (SSSR count). The number of hydrogen-bond donors (Lipinski definition) is 1. The minimum absolute atomic E-state index is 0.787. The van der Waals surface area contributed by atoms with E-state index in [0.29, 0.717) is 0 Å². The summed E-state index contributed by atoms with van der Waals surface area (Å²) in [5.41, 5.74) is 3.56. The Kier molecular flexibility index (Phi) is 3.19. The van der Waals surface area contributed by atoms with E-state index >= 15 is 0 Å². The Labute approximate surface area is 42.8 Å².